The van der Waals surface area contributed by atoms with Crippen LogP contribution in [0.2, 0.25) is 0 Å². The molecule has 0 radical (unpaired) electrons. The van der Waals surface area contributed by atoms with E-state index in [0.717, 1.165) is 11.1 Å². The molecule has 0 spiro atoms. The topological polar surface area (TPSA) is 87.0 Å². The third kappa shape index (κ3) is 2.68. The summed E-state index contributed by atoms with van der Waals surface area (Å²) in [5.74, 6) is -0.237. The van der Waals surface area contributed by atoms with E-state index in [2.05, 4.69) is 15.3 Å². The fourth-order valence-electron chi connectivity index (χ4n) is 1.94. The van der Waals surface area contributed by atoms with Crippen LogP contribution >= 0.6 is 0 Å². The van der Waals surface area contributed by atoms with Crippen LogP contribution in [0.4, 0.5) is 5.69 Å². The van der Waals surface area contributed by atoms with Gasteiger partial charge in [0, 0.05) is 6.61 Å². The molecule has 1 amide bonds. The van der Waals surface area contributed by atoms with Crippen molar-refractivity contribution in [3.8, 4) is 0 Å². The van der Waals surface area contributed by atoms with Gasteiger partial charge in [-0.2, -0.15) is 0 Å². The molecule has 0 saturated heterocycles. The average Bonchev–Trinajstić information content (AvgIpc) is 2.72. The number of hydrogen-bond donors (Lipinski definition) is 3. The Hall–Kier alpha value is -2.08. The highest BCUT2D eigenvalue weighted by Gasteiger charge is 2.13. The maximum Gasteiger partial charge on any atom is 0.323 e. The van der Waals surface area contributed by atoms with Crippen molar-refractivity contribution in [2.45, 2.75) is 20.8 Å². The molecule has 2 rings (SSSR count). The number of anilines is 1. The summed E-state index contributed by atoms with van der Waals surface area (Å²) in [6.07, 6.45) is 0. The van der Waals surface area contributed by atoms with Gasteiger partial charge in [-0.3, -0.25) is 4.79 Å². The predicted molar refractivity (Wildman–Crippen MR) is 73.5 cm³/mol. The van der Waals surface area contributed by atoms with Gasteiger partial charge in [0.1, 0.15) is 6.61 Å². The summed E-state index contributed by atoms with van der Waals surface area (Å²) in [5, 5.41) is 2.79. The lowest BCUT2D eigenvalue weighted by Gasteiger charge is -2.11. The zero-order chi connectivity index (χ0) is 14.0. The van der Waals surface area contributed by atoms with Crippen LogP contribution in [-0.4, -0.2) is 29.1 Å². The maximum atomic E-state index is 11.7. The van der Waals surface area contributed by atoms with Gasteiger partial charge in [-0.25, -0.2) is 4.79 Å². The number of fused-ring (bicyclic) bond motifs is 1. The minimum absolute atomic E-state index is 0.0000300. The smallest absolute Gasteiger partial charge is 0.323 e. The van der Waals surface area contributed by atoms with Crippen LogP contribution in [-0.2, 0) is 9.53 Å². The van der Waals surface area contributed by atoms with Crippen LogP contribution in [0.15, 0.2) is 10.9 Å². The van der Waals surface area contributed by atoms with Crippen LogP contribution in [0.3, 0.4) is 0 Å². The number of carbonyl (C=O) groups is 1. The lowest BCUT2D eigenvalue weighted by atomic mass is 10.1. The van der Waals surface area contributed by atoms with Crippen molar-refractivity contribution in [2.75, 3.05) is 18.5 Å². The number of ether oxygens (including phenoxy) is 1. The van der Waals surface area contributed by atoms with Gasteiger partial charge in [-0.1, -0.05) is 0 Å². The van der Waals surface area contributed by atoms with E-state index in [1.807, 2.05) is 26.8 Å². The van der Waals surface area contributed by atoms with E-state index >= 15 is 0 Å². The Labute approximate surface area is 110 Å². The molecule has 0 saturated carbocycles. The van der Waals surface area contributed by atoms with Crippen LogP contribution in [0.25, 0.3) is 11.0 Å². The second-order valence-electron chi connectivity index (χ2n) is 4.38. The summed E-state index contributed by atoms with van der Waals surface area (Å²) in [5.41, 5.74) is 3.54. The third-order valence-corrected chi connectivity index (χ3v) is 3.04. The Kier molecular flexibility index (Phi) is 3.71. The predicted octanol–water partition coefficient (Wildman–Crippen LogP) is 1.45. The molecule has 1 heterocycles. The largest absolute Gasteiger partial charge is 0.372 e. The van der Waals surface area contributed by atoms with Gasteiger partial charge in [0.25, 0.3) is 0 Å². The summed E-state index contributed by atoms with van der Waals surface area (Å²) >= 11 is 0. The summed E-state index contributed by atoms with van der Waals surface area (Å²) in [6.45, 7) is 6.14. The average molecular weight is 263 g/mol. The molecular weight excluding hydrogens is 246 g/mol. The molecule has 0 atom stereocenters. The number of rotatable bonds is 4. The first-order valence-electron chi connectivity index (χ1n) is 6.12. The van der Waals surface area contributed by atoms with Crippen molar-refractivity contribution in [3.05, 3.63) is 27.7 Å². The number of hydrogen-bond acceptors (Lipinski definition) is 3. The minimum Gasteiger partial charge on any atom is -0.372 e. The zero-order valence-electron chi connectivity index (χ0n) is 11.2. The summed E-state index contributed by atoms with van der Waals surface area (Å²) in [7, 11) is 0. The first-order chi connectivity index (χ1) is 9.02. The fourth-order valence-corrected chi connectivity index (χ4v) is 1.94. The number of aromatic nitrogens is 2. The van der Waals surface area contributed by atoms with Crippen LogP contribution in [0, 0.1) is 13.8 Å². The number of aryl methyl sites for hydroxylation is 1. The maximum absolute atomic E-state index is 11.7. The Balaban J connectivity index is 2.43. The highest BCUT2D eigenvalue weighted by molar-refractivity contribution is 6.01. The first-order valence-corrected chi connectivity index (χ1v) is 6.12. The number of amides is 1. The zero-order valence-corrected chi connectivity index (χ0v) is 11.2. The third-order valence-electron chi connectivity index (χ3n) is 3.04. The molecule has 19 heavy (non-hydrogen) atoms. The summed E-state index contributed by atoms with van der Waals surface area (Å²) in [4.78, 5) is 28.5. The van der Waals surface area contributed by atoms with Crippen molar-refractivity contribution < 1.29 is 9.53 Å². The second-order valence-corrected chi connectivity index (χ2v) is 4.38. The van der Waals surface area contributed by atoms with E-state index in [4.69, 9.17) is 4.74 Å². The van der Waals surface area contributed by atoms with Gasteiger partial charge in [-0.15, -0.1) is 0 Å². The monoisotopic (exact) mass is 263 g/mol. The molecule has 1 aromatic carbocycles. The normalized spacial score (nSPS) is 10.9. The van der Waals surface area contributed by atoms with Crippen molar-refractivity contribution in [3.63, 3.8) is 0 Å². The van der Waals surface area contributed by atoms with Gasteiger partial charge >= 0.3 is 5.69 Å². The molecule has 3 N–H and O–H groups in total. The quantitative estimate of drug-likeness (QED) is 0.780. The number of H-pyrrole nitrogens is 2. The minimum atomic E-state index is -0.291. The van der Waals surface area contributed by atoms with Crippen LogP contribution < -0.4 is 11.0 Å². The highest BCUT2D eigenvalue weighted by Crippen LogP contribution is 2.26. The highest BCUT2D eigenvalue weighted by atomic mass is 16.5. The lowest BCUT2D eigenvalue weighted by molar-refractivity contribution is -0.120. The standard InChI is InChI=1S/C13H17N3O3/c1-4-19-6-10(17)15-11-8(3)7(2)5-9-12(11)16-13(18)14-9/h5H,4,6H2,1-3H3,(H,15,17)(H2,14,16,18). The first kappa shape index (κ1) is 13.4. The Morgan fingerprint density at radius 3 is 2.79 bits per heavy atom. The summed E-state index contributed by atoms with van der Waals surface area (Å²) in [6, 6.07) is 1.88. The van der Waals surface area contributed by atoms with Crippen molar-refractivity contribution in [1.82, 2.24) is 9.97 Å². The summed E-state index contributed by atoms with van der Waals surface area (Å²) < 4.78 is 5.06. The number of aromatic amines is 2. The van der Waals surface area contributed by atoms with E-state index in [1.165, 1.54) is 0 Å². The molecule has 0 unspecified atom stereocenters. The van der Waals surface area contributed by atoms with E-state index < -0.39 is 0 Å². The molecule has 102 valence electrons. The molecule has 0 aliphatic heterocycles. The Bertz CT molecular complexity index is 670. The SMILES string of the molecule is CCOCC(=O)Nc1c(C)c(C)cc2[nH]c(=O)[nH]c12. The van der Waals surface area contributed by atoms with Gasteiger partial charge in [0.05, 0.1) is 16.7 Å². The Morgan fingerprint density at radius 1 is 1.37 bits per heavy atom. The van der Waals surface area contributed by atoms with Crippen molar-refractivity contribution >= 4 is 22.6 Å². The number of imidazole rings is 1. The van der Waals surface area contributed by atoms with Crippen molar-refractivity contribution in [2.24, 2.45) is 0 Å². The van der Waals surface area contributed by atoms with E-state index in [1.54, 1.807) is 0 Å². The molecule has 0 aliphatic carbocycles. The molecule has 2 aromatic rings. The van der Waals surface area contributed by atoms with Gasteiger partial charge in [0.2, 0.25) is 5.91 Å². The van der Waals surface area contributed by atoms with Gasteiger partial charge in [-0.05, 0) is 38.0 Å². The lowest BCUT2D eigenvalue weighted by Crippen LogP contribution is -2.19. The Morgan fingerprint density at radius 2 is 2.11 bits per heavy atom. The number of carbonyl (C=O) groups excluding carboxylic acids is 1. The van der Waals surface area contributed by atoms with Gasteiger partial charge in [0.15, 0.2) is 0 Å². The fraction of sp³-hybridized carbons (Fsp3) is 0.385. The molecular formula is C13H17N3O3. The van der Waals surface area contributed by atoms with E-state index in [0.29, 0.717) is 23.3 Å². The molecule has 6 nitrogen and oxygen atoms in total. The molecule has 0 fully saturated rings. The second kappa shape index (κ2) is 5.27. The molecule has 0 aliphatic rings. The van der Waals surface area contributed by atoms with Crippen LogP contribution in [0.5, 0.6) is 0 Å². The number of nitrogens with one attached hydrogen (secondary N) is 3. The van der Waals surface area contributed by atoms with E-state index in [9.17, 15) is 9.59 Å². The molecule has 1 aromatic heterocycles. The van der Waals surface area contributed by atoms with Crippen LogP contribution in [0.1, 0.15) is 18.1 Å². The van der Waals surface area contributed by atoms with Crippen molar-refractivity contribution in [1.29, 1.82) is 0 Å². The van der Waals surface area contributed by atoms with Gasteiger partial charge < -0.3 is 20.0 Å². The number of benzene rings is 1. The molecule has 0 bridgehead atoms. The molecule has 6 heteroatoms. The van der Waals surface area contributed by atoms with E-state index in [-0.39, 0.29) is 18.2 Å².